The van der Waals surface area contributed by atoms with E-state index in [9.17, 15) is 20.0 Å². The molecule has 16 heavy (non-hydrogen) atoms. The predicted molar refractivity (Wildman–Crippen MR) is 56.0 cm³/mol. The first-order valence-electron chi connectivity index (χ1n) is 4.56. The fourth-order valence-corrected chi connectivity index (χ4v) is 0.900. The Morgan fingerprint density at radius 3 is 2.69 bits per heavy atom. The topological polar surface area (TPSA) is 105 Å². The fraction of sp³-hybridized carbons (Fsp3) is 0.333. The number of nitro groups is 1. The van der Waals surface area contributed by atoms with Gasteiger partial charge in [0.25, 0.3) is 5.69 Å². The molecule has 0 radical (unpaired) electrons. The SMILES string of the molecule is CC(C)C(=O)Nc1ncc([N+](=O)[O-])cc1O. The largest absolute Gasteiger partial charge is 0.504 e. The first kappa shape index (κ1) is 11.9. The summed E-state index contributed by atoms with van der Waals surface area (Å²) >= 11 is 0. The molecule has 1 aromatic rings. The Labute approximate surface area is 91.3 Å². The van der Waals surface area contributed by atoms with Gasteiger partial charge in [-0.2, -0.15) is 0 Å². The maximum Gasteiger partial charge on any atom is 0.291 e. The molecule has 1 amide bonds. The Kier molecular flexibility index (Phi) is 3.39. The van der Waals surface area contributed by atoms with Crippen molar-refractivity contribution in [3.05, 3.63) is 22.4 Å². The van der Waals surface area contributed by atoms with E-state index >= 15 is 0 Å². The van der Waals surface area contributed by atoms with Crippen LogP contribution in [-0.2, 0) is 4.79 Å². The van der Waals surface area contributed by atoms with Gasteiger partial charge in [0.15, 0.2) is 11.6 Å². The summed E-state index contributed by atoms with van der Waals surface area (Å²) in [5.74, 6) is -1.10. The van der Waals surface area contributed by atoms with Gasteiger partial charge in [0, 0.05) is 5.92 Å². The summed E-state index contributed by atoms with van der Waals surface area (Å²) in [4.78, 5) is 24.6. The molecule has 0 atom stereocenters. The summed E-state index contributed by atoms with van der Waals surface area (Å²) in [5, 5.41) is 22.1. The second-order valence-electron chi connectivity index (χ2n) is 3.46. The predicted octanol–water partition coefficient (Wildman–Crippen LogP) is 1.29. The molecule has 0 aromatic carbocycles. The summed E-state index contributed by atoms with van der Waals surface area (Å²) in [6.45, 7) is 3.36. The molecule has 0 fully saturated rings. The van der Waals surface area contributed by atoms with Gasteiger partial charge in [-0.05, 0) is 0 Å². The van der Waals surface area contributed by atoms with Gasteiger partial charge in [0.05, 0.1) is 11.0 Å². The molecule has 0 saturated heterocycles. The average molecular weight is 225 g/mol. The zero-order valence-corrected chi connectivity index (χ0v) is 8.80. The second-order valence-corrected chi connectivity index (χ2v) is 3.46. The molecule has 0 saturated carbocycles. The second kappa shape index (κ2) is 4.56. The Morgan fingerprint density at radius 2 is 2.25 bits per heavy atom. The lowest BCUT2D eigenvalue weighted by atomic mass is 10.2. The van der Waals surface area contributed by atoms with Crippen LogP contribution in [0, 0.1) is 16.0 Å². The minimum atomic E-state index is -0.680. The van der Waals surface area contributed by atoms with Crippen molar-refractivity contribution in [2.75, 3.05) is 5.32 Å². The van der Waals surface area contributed by atoms with Crippen molar-refractivity contribution in [2.45, 2.75) is 13.8 Å². The molecule has 0 unspecified atom stereocenters. The molecular weight excluding hydrogens is 214 g/mol. The van der Waals surface area contributed by atoms with E-state index in [0.717, 1.165) is 12.3 Å². The molecule has 1 rings (SSSR count). The first-order valence-corrected chi connectivity index (χ1v) is 4.56. The lowest BCUT2D eigenvalue weighted by Crippen LogP contribution is -2.18. The standard InChI is InChI=1S/C9H11N3O4/c1-5(2)9(14)11-8-7(13)3-6(4-10-8)12(15)16/h3-5,13H,1-2H3,(H,10,11,14). The maximum absolute atomic E-state index is 11.3. The van der Waals surface area contributed by atoms with Gasteiger partial charge in [-0.15, -0.1) is 0 Å². The van der Waals surface area contributed by atoms with E-state index in [-0.39, 0.29) is 23.3 Å². The van der Waals surface area contributed by atoms with Crippen LogP contribution >= 0.6 is 0 Å². The van der Waals surface area contributed by atoms with E-state index in [1.807, 2.05) is 0 Å². The number of amides is 1. The lowest BCUT2D eigenvalue weighted by molar-refractivity contribution is -0.385. The van der Waals surface area contributed by atoms with E-state index < -0.39 is 10.7 Å². The van der Waals surface area contributed by atoms with E-state index in [1.54, 1.807) is 13.8 Å². The van der Waals surface area contributed by atoms with Crippen LogP contribution in [0.3, 0.4) is 0 Å². The molecule has 0 spiro atoms. The van der Waals surface area contributed by atoms with Gasteiger partial charge in [0.1, 0.15) is 6.20 Å². The normalized spacial score (nSPS) is 10.2. The Balaban J connectivity index is 2.91. The Bertz CT molecular complexity index is 431. The number of anilines is 1. The molecule has 86 valence electrons. The first-order chi connectivity index (χ1) is 7.41. The molecule has 0 aliphatic carbocycles. The van der Waals surface area contributed by atoms with Crippen molar-refractivity contribution in [3.8, 4) is 5.75 Å². The lowest BCUT2D eigenvalue weighted by Gasteiger charge is -2.07. The molecule has 1 heterocycles. The van der Waals surface area contributed by atoms with E-state index in [4.69, 9.17) is 0 Å². The van der Waals surface area contributed by atoms with Crippen molar-refractivity contribution >= 4 is 17.4 Å². The molecule has 7 heteroatoms. The van der Waals surface area contributed by atoms with Crippen molar-refractivity contribution < 1.29 is 14.8 Å². The number of pyridine rings is 1. The minimum Gasteiger partial charge on any atom is -0.504 e. The number of carbonyl (C=O) groups is 1. The third-order valence-electron chi connectivity index (χ3n) is 1.83. The van der Waals surface area contributed by atoms with Crippen LogP contribution in [0.4, 0.5) is 11.5 Å². The van der Waals surface area contributed by atoms with Crippen LogP contribution in [0.25, 0.3) is 0 Å². The minimum absolute atomic E-state index is 0.0794. The molecule has 0 aliphatic rings. The molecule has 2 N–H and O–H groups in total. The Hall–Kier alpha value is -2.18. The summed E-state index contributed by atoms with van der Waals surface area (Å²) < 4.78 is 0. The number of hydrogen-bond acceptors (Lipinski definition) is 5. The highest BCUT2D eigenvalue weighted by Crippen LogP contribution is 2.25. The fourth-order valence-electron chi connectivity index (χ4n) is 0.900. The Morgan fingerprint density at radius 1 is 1.62 bits per heavy atom. The van der Waals surface area contributed by atoms with Crippen LogP contribution in [-0.4, -0.2) is 20.9 Å². The third kappa shape index (κ3) is 2.66. The molecule has 7 nitrogen and oxygen atoms in total. The summed E-state index contributed by atoms with van der Waals surface area (Å²) in [6.07, 6.45) is 0.968. The van der Waals surface area contributed by atoms with Crippen molar-refractivity contribution in [1.29, 1.82) is 0 Å². The number of rotatable bonds is 3. The number of aromatic nitrogens is 1. The molecule has 0 aliphatic heterocycles. The van der Waals surface area contributed by atoms with Gasteiger partial charge in [-0.3, -0.25) is 14.9 Å². The van der Waals surface area contributed by atoms with Crippen LogP contribution < -0.4 is 5.32 Å². The zero-order valence-electron chi connectivity index (χ0n) is 8.80. The summed E-state index contributed by atoms with van der Waals surface area (Å²) in [7, 11) is 0. The maximum atomic E-state index is 11.3. The quantitative estimate of drug-likeness (QED) is 0.595. The highest BCUT2D eigenvalue weighted by Gasteiger charge is 2.14. The van der Waals surface area contributed by atoms with Gasteiger partial charge in [-0.1, -0.05) is 13.8 Å². The number of carbonyl (C=O) groups excluding carboxylic acids is 1. The van der Waals surface area contributed by atoms with E-state index in [0.29, 0.717) is 0 Å². The number of hydrogen-bond donors (Lipinski definition) is 2. The number of nitrogens with one attached hydrogen (secondary N) is 1. The van der Waals surface area contributed by atoms with Crippen molar-refractivity contribution in [2.24, 2.45) is 5.92 Å². The van der Waals surface area contributed by atoms with Gasteiger partial charge in [-0.25, -0.2) is 4.98 Å². The average Bonchev–Trinajstić information content (AvgIpc) is 2.20. The summed E-state index contributed by atoms with van der Waals surface area (Å²) in [5.41, 5.74) is -0.333. The monoisotopic (exact) mass is 225 g/mol. The molecule has 1 aromatic heterocycles. The van der Waals surface area contributed by atoms with Gasteiger partial charge < -0.3 is 10.4 Å². The molecule has 0 bridgehead atoms. The van der Waals surface area contributed by atoms with Crippen LogP contribution in [0.2, 0.25) is 0 Å². The summed E-state index contributed by atoms with van der Waals surface area (Å²) in [6, 6.07) is 0.933. The van der Waals surface area contributed by atoms with Crippen LogP contribution in [0.15, 0.2) is 12.3 Å². The highest BCUT2D eigenvalue weighted by atomic mass is 16.6. The van der Waals surface area contributed by atoms with Crippen LogP contribution in [0.5, 0.6) is 5.75 Å². The van der Waals surface area contributed by atoms with Crippen LogP contribution in [0.1, 0.15) is 13.8 Å². The van der Waals surface area contributed by atoms with E-state index in [1.165, 1.54) is 0 Å². The molecular formula is C9H11N3O4. The zero-order chi connectivity index (χ0) is 12.3. The number of nitrogens with zero attached hydrogens (tertiary/aromatic N) is 2. The van der Waals surface area contributed by atoms with Gasteiger partial charge >= 0.3 is 0 Å². The third-order valence-corrected chi connectivity index (χ3v) is 1.83. The highest BCUT2D eigenvalue weighted by molar-refractivity contribution is 5.92. The van der Waals surface area contributed by atoms with Crippen molar-refractivity contribution in [1.82, 2.24) is 4.98 Å². The van der Waals surface area contributed by atoms with Gasteiger partial charge in [0.2, 0.25) is 5.91 Å². The number of aromatic hydroxyl groups is 1. The smallest absolute Gasteiger partial charge is 0.291 e. The van der Waals surface area contributed by atoms with Crippen molar-refractivity contribution in [3.63, 3.8) is 0 Å². The van der Waals surface area contributed by atoms with E-state index in [2.05, 4.69) is 10.3 Å².